The van der Waals surface area contributed by atoms with Crippen LogP contribution in [0.3, 0.4) is 0 Å². The normalized spacial score (nSPS) is 11.6. The van der Waals surface area contributed by atoms with Crippen LogP contribution < -0.4 is 5.32 Å². The summed E-state index contributed by atoms with van der Waals surface area (Å²) >= 11 is 0. The van der Waals surface area contributed by atoms with Gasteiger partial charge in [-0.25, -0.2) is 0 Å². The van der Waals surface area contributed by atoms with Crippen LogP contribution in [0.25, 0.3) is 0 Å². The molecular weight excluding hydrogens is 206 g/mol. The zero-order valence-electron chi connectivity index (χ0n) is 12.1. The maximum absolute atomic E-state index is 3.25. The number of anilines is 1. The Bertz CT molecular complexity index is 353. The molecule has 1 aromatic carbocycles. The molecule has 0 bridgehead atoms. The van der Waals surface area contributed by atoms with Gasteiger partial charge in [0.05, 0.1) is 0 Å². The summed E-state index contributed by atoms with van der Waals surface area (Å²) in [6.45, 7) is 9.25. The van der Waals surface area contributed by atoms with Crippen molar-refractivity contribution in [2.24, 2.45) is 0 Å². The number of hydrogen-bond donors (Lipinski definition) is 1. The first kappa shape index (κ1) is 14.1. The lowest BCUT2D eigenvalue weighted by Crippen LogP contribution is -2.19. The van der Waals surface area contributed by atoms with Gasteiger partial charge in [0.1, 0.15) is 0 Å². The van der Waals surface area contributed by atoms with E-state index >= 15 is 0 Å². The molecule has 1 aromatic rings. The molecule has 17 heavy (non-hydrogen) atoms. The smallest absolute Gasteiger partial charge is 0.0340 e. The minimum absolute atomic E-state index is 0.286. The third-order valence-electron chi connectivity index (χ3n) is 3.66. The third-order valence-corrected chi connectivity index (χ3v) is 3.66. The van der Waals surface area contributed by atoms with Gasteiger partial charge in [0.2, 0.25) is 0 Å². The van der Waals surface area contributed by atoms with Crippen LogP contribution in [0.4, 0.5) is 5.69 Å². The van der Waals surface area contributed by atoms with Crippen LogP contribution in [-0.2, 0) is 11.8 Å². The molecule has 0 spiro atoms. The van der Waals surface area contributed by atoms with E-state index in [0.717, 1.165) is 6.42 Å². The predicted molar refractivity (Wildman–Crippen MR) is 77.9 cm³/mol. The highest BCUT2D eigenvalue weighted by molar-refractivity contribution is 5.50. The first-order chi connectivity index (χ1) is 8.05. The fourth-order valence-corrected chi connectivity index (χ4v) is 2.42. The van der Waals surface area contributed by atoms with Crippen molar-refractivity contribution in [2.45, 2.75) is 58.8 Å². The molecule has 0 amide bonds. The Morgan fingerprint density at radius 3 is 2.41 bits per heavy atom. The van der Waals surface area contributed by atoms with Crippen LogP contribution in [-0.4, -0.2) is 7.05 Å². The summed E-state index contributed by atoms with van der Waals surface area (Å²) in [5, 5.41) is 3.25. The first-order valence-corrected chi connectivity index (χ1v) is 6.86. The largest absolute Gasteiger partial charge is 0.388 e. The van der Waals surface area contributed by atoms with Crippen molar-refractivity contribution in [3.8, 4) is 0 Å². The van der Waals surface area contributed by atoms with Crippen molar-refractivity contribution < 1.29 is 0 Å². The number of nitrogens with one attached hydrogen (secondary N) is 1. The van der Waals surface area contributed by atoms with Crippen molar-refractivity contribution >= 4 is 5.69 Å². The second-order valence-corrected chi connectivity index (χ2v) is 5.46. The quantitative estimate of drug-likeness (QED) is 0.747. The van der Waals surface area contributed by atoms with E-state index in [1.165, 1.54) is 36.1 Å². The van der Waals surface area contributed by atoms with Crippen LogP contribution in [0.5, 0.6) is 0 Å². The van der Waals surface area contributed by atoms with Crippen molar-refractivity contribution in [1.82, 2.24) is 0 Å². The highest BCUT2D eigenvalue weighted by Crippen LogP contribution is 2.33. The molecule has 0 aliphatic heterocycles. The van der Waals surface area contributed by atoms with E-state index in [4.69, 9.17) is 0 Å². The summed E-state index contributed by atoms with van der Waals surface area (Å²) in [5.74, 6) is 0. The van der Waals surface area contributed by atoms with Crippen LogP contribution in [0, 0.1) is 0 Å². The molecule has 0 radical (unpaired) electrons. The third kappa shape index (κ3) is 3.49. The molecule has 0 unspecified atom stereocenters. The Kier molecular flexibility index (Phi) is 5.04. The molecule has 0 saturated carbocycles. The van der Waals surface area contributed by atoms with E-state index in [1.54, 1.807) is 0 Å². The van der Waals surface area contributed by atoms with Gasteiger partial charge in [-0.2, -0.15) is 0 Å². The summed E-state index contributed by atoms with van der Waals surface area (Å²) in [6.07, 6.45) is 4.97. The SMILES string of the molecule is CCCCC(C)(C)c1cc(NC)ccc1CC. The summed E-state index contributed by atoms with van der Waals surface area (Å²) < 4.78 is 0. The fourth-order valence-electron chi connectivity index (χ4n) is 2.42. The van der Waals surface area contributed by atoms with Crippen molar-refractivity contribution in [3.05, 3.63) is 29.3 Å². The van der Waals surface area contributed by atoms with Crippen molar-refractivity contribution in [2.75, 3.05) is 12.4 Å². The zero-order chi connectivity index (χ0) is 12.9. The van der Waals surface area contributed by atoms with Gasteiger partial charge in [-0.15, -0.1) is 0 Å². The Morgan fingerprint density at radius 2 is 1.88 bits per heavy atom. The molecule has 0 atom stereocenters. The number of benzene rings is 1. The molecule has 0 heterocycles. The van der Waals surface area contributed by atoms with E-state index in [0.29, 0.717) is 0 Å². The van der Waals surface area contributed by atoms with Gasteiger partial charge in [0.25, 0.3) is 0 Å². The van der Waals surface area contributed by atoms with E-state index in [-0.39, 0.29) is 5.41 Å². The van der Waals surface area contributed by atoms with E-state index < -0.39 is 0 Å². The van der Waals surface area contributed by atoms with Crippen molar-refractivity contribution in [3.63, 3.8) is 0 Å². The van der Waals surface area contributed by atoms with Gasteiger partial charge >= 0.3 is 0 Å². The highest BCUT2D eigenvalue weighted by Gasteiger charge is 2.22. The Labute approximate surface area is 107 Å². The van der Waals surface area contributed by atoms with Crippen molar-refractivity contribution in [1.29, 1.82) is 0 Å². The highest BCUT2D eigenvalue weighted by atomic mass is 14.8. The van der Waals surface area contributed by atoms with Gasteiger partial charge in [-0.1, -0.05) is 46.6 Å². The molecule has 0 aliphatic rings. The molecule has 0 aliphatic carbocycles. The lowest BCUT2D eigenvalue weighted by Gasteiger charge is -2.28. The van der Waals surface area contributed by atoms with E-state index in [1.807, 2.05) is 7.05 Å². The lowest BCUT2D eigenvalue weighted by atomic mass is 9.77. The molecule has 0 aromatic heterocycles. The molecule has 0 saturated heterocycles. The summed E-state index contributed by atoms with van der Waals surface area (Å²) in [4.78, 5) is 0. The van der Waals surface area contributed by atoms with Crippen LogP contribution >= 0.6 is 0 Å². The topological polar surface area (TPSA) is 12.0 Å². The molecule has 1 nitrogen and oxygen atoms in total. The average Bonchev–Trinajstić information content (AvgIpc) is 2.35. The van der Waals surface area contributed by atoms with Crippen LogP contribution in [0.15, 0.2) is 18.2 Å². The Hall–Kier alpha value is -0.980. The molecule has 1 N–H and O–H groups in total. The van der Waals surface area contributed by atoms with E-state index in [2.05, 4.69) is 51.2 Å². The monoisotopic (exact) mass is 233 g/mol. The summed E-state index contributed by atoms with van der Waals surface area (Å²) in [7, 11) is 1.99. The van der Waals surface area contributed by atoms with Gasteiger partial charge < -0.3 is 5.32 Å². The number of aryl methyl sites for hydroxylation is 1. The molecule has 1 rings (SSSR count). The van der Waals surface area contributed by atoms with Gasteiger partial charge in [-0.3, -0.25) is 0 Å². The van der Waals surface area contributed by atoms with Gasteiger partial charge in [-0.05, 0) is 41.5 Å². The molecule has 96 valence electrons. The summed E-state index contributed by atoms with van der Waals surface area (Å²) in [6, 6.07) is 6.78. The van der Waals surface area contributed by atoms with Gasteiger partial charge in [0, 0.05) is 12.7 Å². The van der Waals surface area contributed by atoms with Gasteiger partial charge in [0.15, 0.2) is 0 Å². The fraction of sp³-hybridized carbons (Fsp3) is 0.625. The van der Waals surface area contributed by atoms with Crippen LogP contribution in [0.1, 0.15) is 58.1 Å². The predicted octanol–water partition coefficient (Wildman–Crippen LogP) is 4.76. The maximum Gasteiger partial charge on any atom is 0.0340 e. The number of hydrogen-bond acceptors (Lipinski definition) is 1. The molecule has 0 fully saturated rings. The maximum atomic E-state index is 3.25. The zero-order valence-corrected chi connectivity index (χ0v) is 12.1. The first-order valence-electron chi connectivity index (χ1n) is 6.86. The summed E-state index contributed by atoms with van der Waals surface area (Å²) in [5.41, 5.74) is 4.51. The van der Waals surface area contributed by atoms with Crippen LogP contribution in [0.2, 0.25) is 0 Å². The standard InChI is InChI=1S/C16H27N/c1-6-8-11-16(3,4)15-12-14(17-5)10-9-13(15)7-2/h9-10,12,17H,6-8,11H2,1-5H3. The second kappa shape index (κ2) is 6.09. The minimum Gasteiger partial charge on any atom is -0.388 e. The Morgan fingerprint density at radius 1 is 1.18 bits per heavy atom. The Balaban J connectivity index is 3.07. The number of unbranched alkanes of at least 4 members (excludes halogenated alkanes) is 1. The lowest BCUT2D eigenvalue weighted by molar-refractivity contribution is 0.454. The molecular formula is C16H27N. The number of rotatable bonds is 6. The minimum atomic E-state index is 0.286. The van der Waals surface area contributed by atoms with E-state index in [9.17, 15) is 0 Å². The second-order valence-electron chi connectivity index (χ2n) is 5.46. The average molecular weight is 233 g/mol. The molecule has 1 heteroatoms.